The maximum Gasteiger partial charge on any atom is 0.0897 e. The van der Waals surface area contributed by atoms with Crippen LogP contribution in [0.4, 0.5) is 0 Å². The lowest BCUT2D eigenvalue weighted by Gasteiger charge is -2.24. The Morgan fingerprint density at radius 3 is 2.65 bits per heavy atom. The molecule has 1 rings (SSSR count). The average Bonchev–Trinajstić information content (AvgIpc) is 2.49. The molecule has 2 atom stereocenters. The van der Waals surface area contributed by atoms with Crippen LogP contribution in [0.2, 0.25) is 0 Å². The van der Waals surface area contributed by atoms with Gasteiger partial charge in [0.25, 0.3) is 0 Å². The fraction of sp³-hybridized carbons (Fsp3) is 1.00. The fourth-order valence-electron chi connectivity index (χ4n) is 2.53. The van der Waals surface area contributed by atoms with E-state index in [0.717, 1.165) is 6.61 Å². The maximum atomic E-state index is 9.95. The van der Waals surface area contributed by atoms with E-state index in [1.807, 2.05) is 11.8 Å². The third-order valence-electron chi connectivity index (χ3n) is 4.07. The highest BCUT2D eigenvalue weighted by molar-refractivity contribution is 7.99. The van der Waals surface area contributed by atoms with E-state index >= 15 is 0 Å². The third-order valence-corrected chi connectivity index (χ3v) is 5.12. The van der Waals surface area contributed by atoms with Crippen molar-refractivity contribution in [2.75, 3.05) is 31.3 Å². The van der Waals surface area contributed by atoms with Crippen LogP contribution in [0, 0.1) is 5.92 Å². The van der Waals surface area contributed by atoms with Gasteiger partial charge >= 0.3 is 0 Å². The predicted molar refractivity (Wildman–Crippen MR) is 88.5 cm³/mol. The number of ether oxygens (including phenoxy) is 1. The second-order valence-corrected chi connectivity index (χ2v) is 7.13. The second-order valence-electron chi connectivity index (χ2n) is 5.90. The van der Waals surface area contributed by atoms with Crippen LogP contribution in [0.1, 0.15) is 52.4 Å². The van der Waals surface area contributed by atoms with Crippen LogP contribution in [0.15, 0.2) is 0 Å². The number of rotatable bonds is 11. The van der Waals surface area contributed by atoms with E-state index in [0.29, 0.717) is 25.1 Å². The average molecular weight is 304 g/mol. The van der Waals surface area contributed by atoms with Gasteiger partial charge in [0.2, 0.25) is 0 Å². The molecule has 120 valence electrons. The molecule has 0 amide bonds. The number of thioether (sulfide) groups is 1. The van der Waals surface area contributed by atoms with Gasteiger partial charge in [-0.05, 0) is 36.7 Å². The lowest BCUT2D eigenvalue weighted by molar-refractivity contribution is 0.0182. The molecule has 0 bridgehead atoms. The molecule has 0 spiro atoms. The van der Waals surface area contributed by atoms with Crippen molar-refractivity contribution in [3.05, 3.63) is 0 Å². The molecule has 1 saturated heterocycles. The first-order valence-corrected chi connectivity index (χ1v) is 9.48. The van der Waals surface area contributed by atoms with Gasteiger partial charge in [-0.2, -0.15) is 11.8 Å². The van der Waals surface area contributed by atoms with E-state index in [9.17, 15) is 5.11 Å². The Kier molecular flexibility index (Phi) is 10.8. The Balaban J connectivity index is 2.02. The van der Waals surface area contributed by atoms with Crippen LogP contribution >= 0.6 is 11.8 Å². The van der Waals surface area contributed by atoms with Crippen molar-refractivity contribution < 1.29 is 9.84 Å². The lowest BCUT2D eigenvalue weighted by atomic mass is 10.0. The normalized spacial score (nSPS) is 19.9. The van der Waals surface area contributed by atoms with E-state index < -0.39 is 0 Å². The van der Waals surface area contributed by atoms with E-state index in [1.54, 1.807) is 0 Å². The summed E-state index contributed by atoms with van der Waals surface area (Å²) in [5, 5.41) is 13.4. The minimum Gasteiger partial charge on any atom is -0.389 e. The summed E-state index contributed by atoms with van der Waals surface area (Å²) in [6.45, 7) is 6.39. The molecule has 0 aromatic rings. The zero-order valence-electron chi connectivity index (χ0n) is 13.3. The van der Waals surface area contributed by atoms with Crippen molar-refractivity contribution in [2.45, 2.75) is 64.5 Å². The maximum absolute atomic E-state index is 9.95. The minimum absolute atomic E-state index is 0.367. The summed E-state index contributed by atoms with van der Waals surface area (Å²) in [6.07, 6.45) is 7.05. The van der Waals surface area contributed by atoms with Gasteiger partial charge in [0.15, 0.2) is 0 Å². The molecular formula is C16H33NO2S. The van der Waals surface area contributed by atoms with Crippen molar-refractivity contribution in [3.63, 3.8) is 0 Å². The molecule has 4 heteroatoms. The number of aliphatic hydroxyl groups excluding tert-OH is 1. The molecule has 3 nitrogen and oxygen atoms in total. The first kappa shape index (κ1) is 18.3. The topological polar surface area (TPSA) is 41.5 Å². The highest BCUT2D eigenvalue weighted by Gasteiger charge is 2.15. The van der Waals surface area contributed by atoms with Gasteiger partial charge in [0.1, 0.15) is 0 Å². The van der Waals surface area contributed by atoms with Crippen LogP contribution < -0.4 is 5.32 Å². The van der Waals surface area contributed by atoms with Gasteiger partial charge in [-0.1, -0.05) is 33.1 Å². The third kappa shape index (κ3) is 8.50. The Labute approximate surface area is 129 Å². The summed E-state index contributed by atoms with van der Waals surface area (Å²) in [4.78, 5) is 0. The van der Waals surface area contributed by atoms with Crippen molar-refractivity contribution in [2.24, 2.45) is 5.92 Å². The van der Waals surface area contributed by atoms with Gasteiger partial charge in [0, 0.05) is 19.2 Å². The highest BCUT2D eigenvalue weighted by atomic mass is 32.2. The molecule has 0 aromatic carbocycles. The Morgan fingerprint density at radius 1 is 1.25 bits per heavy atom. The van der Waals surface area contributed by atoms with Gasteiger partial charge in [-0.15, -0.1) is 0 Å². The molecule has 0 aromatic heterocycles. The first-order chi connectivity index (χ1) is 9.76. The van der Waals surface area contributed by atoms with Gasteiger partial charge < -0.3 is 15.2 Å². The highest BCUT2D eigenvalue weighted by Crippen LogP contribution is 2.16. The summed E-state index contributed by atoms with van der Waals surface area (Å²) in [5.41, 5.74) is 0. The van der Waals surface area contributed by atoms with Crippen LogP contribution in [-0.2, 0) is 4.74 Å². The summed E-state index contributed by atoms with van der Waals surface area (Å²) < 4.78 is 5.69. The number of unbranched alkanes of at least 4 members (excludes halogenated alkanes) is 1. The minimum atomic E-state index is -0.367. The molecular weight excluding hydrogens is 270 g/mol. The van der Waals surface area contributed by atoms with Crippen LogP contribution in [0.5, 0.6) is 0 Å². The first-order valence-electron chi connectivity index (χ1n) is 8.33. The smallest absolute Gasteiger partial charge is 0.0897 e. The summed E-state index contributed by atoms with van der Waals surface area (Å²) in [5.74, 6) is 3.16. The number of aliphatic hydroxyl groups is 1. The van der Waals surface area contributed by atoms with Gasteiger partial charge in [0.05, 0.1) is 12.7 Å². The van der Waals surface area contributed by atoms with Crippen molar-refractivity contribution in [1.29, 1.82) is 0 Å². The van der Waals surface area contributed by atoms with E-state index in [4.69, 9.17) is 4.74 Å². The van der Waals surface area contributed by atoms with E-state index in [2.05, 4.69) is 19.2 Å². The second kappa shape index (κ2) is 11.8. The zero-order chi connectivity index (χ0) is 14.6. The molecule has 1 fully saturated rings. The SMILES string of the molecule is CCCCC(CC)COCC(O)CNC1CCSCC1. The molecule has 2 unspecified atom stereocenters. The summed E-state index contributed by atoms with van der Waals surface area (Å²) in [7, 11) is 0. The molecule has 0 saturated carbocycles. The molecule has 1 aliphatic rings. The molecule has 0 aliphatic carbocycles. The summed E-state index contributed by atoms with van der Waals surface area (Å²) in [6, 6.07) is 0.596. The number of hydrogen-bond acceptors (Lipinski definition) is 4. The standard InChI is InChI=1S/C16H33NO2S/c1-3-5-6-14(4-2)12-19-13-16(18)11-17-15-7-9-20-10-8-15/h14-18H,3-13H2,1-2H3. The Bertz CT molecular complexity index is 223. The van der Waals surface area contributed by atoms with Crippen molar-refractivity contribution >= 4 is 11.8 Å². The molecule has 2 N–H and O–H groups in total. The van der Waals surface area contributed by atoms with Crippen molar-refractivity contribution in [3.8, 4) is 0 Å². The monoisotopic (exact) mass is 303 g/mol. The van der Waals surface area contributed by atoms with Gasteiger partial charge in [-0.3, -0.25) is 0 Å². The van der Waals surface area contributed by atoms with Crippen LogP contribution in [-0.4, -0.2) is 48.5 Å². The molecule has 1 aliphatic heterocycles. The summed E-state index contributed by atoms with van der Waals surface area (Å²) >= 11 is 2.03. The predicted octanol–water partition coefficient (Wildman–Crippen LogP) is 3.07. The largest absolute Gasteiger partial charge is 0.389 e. The molecule has 0 radical (unpaired) electrons. The van der Waals surface area contributed by atoms with Crippen LogP contribution in [0.25, 0.3) is 0 Å². The van der Waals surface area contributed by atoms with Crippen molar-refractivity contribution in [1.82, 2.24) is 5.32 Å². The number of hydrogen-bond donors (Lipinski definition) is 2. The Morgan fingerprint density at radius 2 is 2.00 bits per heavy atom. The molecule has 20 heavy (non-hydrogen) atoms. The van der Waals surface area contributed by atoms with Gasteiger partial charge in [-0.25, -0.2) is 0 Å². The lowest BCUT2D eigenvalue weighted by Crippen LogP contribution is -2.39. The van der Waals surface area contributed by atoms with E-state index in [-0.39, 0.29) is 6.10 Å². The zero-order valence-corrected chi connectivity index (χ0v) is 14.1. The van der Waals surface area contributed by atoms with E-state index in [1.165, 1.54) is 50.0 Å². The van der Waals surface area contributed by atoms with Crippen LogP contribution in [0.3, 0.4) is 0 Å². The number of nitrogens with one attached hydrogen (secondary N) is 1. The fourth-order valence-corrected chi connectivity index (χ4v) is 3.64. The molecule has 1 heterocycles. The quantitative estimate of drug-likeness (QED) is 0.615. The Hall–Kier alpha value is 0.230.